The molecule has 2 unspecified atom stereocenters. The van der Waals surface area contributed by atoms with Gasteiger partial charge >= 0.3 is 0 Å². The zero-order valence-corrected chi connectivity index (χ0v) is 13.5. The number of nitrogens with one attached hydrogen (secondary N) is 1. The molecule has 0 spiro atoms. The van der Waals surface area contributed by atoms with Gasteiger partial charge in [-0.15, -0.1) is 0 Å². The van der Waals surface area contributed by atoms with E-state index in [1.54, 1.807) is 0 Å². The summed E-state index contributed by atoms with van der Waals surface area (Å²) in [6, 6.07) is 0.757. The van der Waals surface area contributed by atoms with Gasteiger partial charge in [0.05, 0.1) is 18.1 Å². The minimum Gasteiger partial charge on any atom is -0.394 e. The molecule has 1 heterocycles. The second kappa shape index (κ2) is 6.30. The molecule has 6 heteroatoms. The number of sulfone groups is 1. The number of rotatable bonds is 4. The van der Waals surface area contributed by atoms with Crippen LogP contribution in [0, 0.1) is 0 Å². The lowest BCUT2D eigenvalue weighted by molar-refractivity contribution is 0.138. The van der Waals surface area contributed by atoms with Crippen molar-refractivity contribution in [3.05, 3.63) is 0 Å². The predicted molar refractivity (Wildman–Crippen MR) is 80.6 cm³/mol. The van der Waals surface area contributed by atoms with Crippen molar-refractivity contribution in [3.8, 4) is 0 Å². The maximum absolute atomic E-state index is 11.7. The standard InChI is InChI=1S/C14H28N2O3S/c1-12(2)15-14(11-17)5-4-13(10-14)16-6-3-8-20(18,19)9-7-16/h12-13,15,17H,3-11H2,1-2H3. The van der Waals surface area contributed by atoms with Gasteiger partial charge in [0.25, 0.3) is 0 Å². The van der Waals surface area contributed by atoms with Crippen LogP contribution in [0.2, 0.25) is 0 Å². The number of aliphatic hydroxyl groups excluding tert-OH is 1. The second-order valence-corrected chi connectivity index (χ2v) is 8.98. The highest BCUT2D eigenvalue weighted by Crippen LogP contribution is 2.33. The summed E-state index contributed by atoms with van der Waals surface area (Å²) in [5.74, 6) is 0.610. The van der Waals surface area contributed by atoms with E-state index in [4.69, 9.17) is 0 Å². The first-order chi connectivity index (χ1) is 9.36. The van der Waals surface area contributed by atoms with Crippen molar-refractivity contribution in [2.45, 2.75) is 57.2 Å². The summed E-state index contributed by atoms with van der Waals surface area (Å²) in [6.07, 6.45) is 3.67. The van der Waals surface area contributed by atoms with Crippen molar-refractivity contribution in [2.24, 2.45) is 0 Å². The second-order valence-electron chi connectivity index (χ2n) is 6.68. The Bertz CT molecular complexity index is 424. The van der Waals surface area contributed by atoms with E-state index in [-0.39, 0.29) is 17.9 Å². The molecule has 0 aromatic carbocycles. The fourth-order valence-electron chi connectivity index (χ4n) is 3.67. The van der Waals surface area contributed by atoms with E-state index in [1.165, 1.54) is 0 Å². The van der Waals surface area contributed by atoms with Gasteiger partial charge < -0.3 is 10.4 Å². The maximum Gasteiger partial charge on any atom is 0.151 e. The lowest BCUT2D eigenvalue weighted by Crippen LogP contribution is -2.51. The van der Waals surface area contributed by atoms with Crippen LogP contribution in [-0.2, 0) is 9.84 Å². The van der Waals surface area contributed by atoms with Crippen LogP contribution in [0.3, 0.4) is 0 Å². The van der Waals surface area contributed by atoms with Crippen molar-refractivity contribution < 1.29 is 13.5 Å². The van der Waals surface area contributed by atoms with Gasteiger partial charge in [-0.3, -0.25) is 4.90 Å². The molecule has 1 saturated carbocycles. The van der Waals surface area contributed by atoms with Crippen LogP contribution in [0.4, 0.5) is 0 Å². The fourth-order valence-corrected chi connectivity index (χ4v) is 4.95. The Labute approximate surface area is 122 Å². The number of hydrogen-bond donors (Lipinski definition) is 2. The smallest absolute Gasteiger partial charge is 0.151 e. The molecule has 0 aromatic rings. The Hall–Kier alpha value is -0.170. The topological polar surface area (TPSA) is 69.6 Å². The first kappa shape index (κ1) is 16.2. The lowest BCUT2D eigenvalue weighted by Gasteiger charge is -2.33. The molecule has 2 atom stereocenters. The van der Waals surface area contributed by atoms with Gasteiger partial charge in [0.2, 0.25) is 0 Å². The van der Waals surface area contributed by atoms with Crippen LogP contribution in [0.5, 0.6) is 0 Å². The molecule has 2 fully saturated rings. The Balaban J connectivity index is 1.98. The third-order valence-electron chi connectivity index (χ3n) is 4.59. The zero-order chi connectivity index (χ0) is 14.8. The molecule has 0 bridgehead atoms. The Morgan fingerprint density at radius 2 is 2.10 bits per heavy atom. The third-order valence-corrected chi connectivity index (χ3v) is 6.30. The summed E-state index contributed by atoms with van der Waals surface area (Å²) in [5, 5.41) is 13.3. The van der Waals surface area contributed by atoms with E-state index in [0.29, 0.717) is 24.4 Å². The largest absolute Gasteiger partial charge is 0.394 e. The van der Waals surface area contributed by atoms with E-state index in [0.717, 1.165) is 32.2 Å². The number of aliphatic hydroxyl groups is 1. The van der Waals surface area contributed by atoms with Crippen LogP contribution in [-0.4, -0.2) is 67.2 Å². The van der Waals surface area contributed by atoms with Crippen molar-refractivity contribution >= 4 is 9.84 Å². The molecule has 118 valence electrons. The van der Waals surface area contributed by atoms with Crippen LogP contribution >= 0.6 is 0 Å². The Morgan fingerprint density at radius 3 is 2.75 bits per heavy atom. The molecule has 20 heavy (non-hydrogen) atoms. The normalized spacial score (nSPS) is 35.3. The van der Waals surface area contributed by atoms with Gasteiger partial charge in [0.1, 0.15) is 0 Å². The summed E-state index contributed by atoms with van der Waals surface area (Å²) < 4.78 is 23.4. The van der Waals surface area contributed by atoms with Gasteiger partial charge in [-0.25, -0.2) is 8.42 Å². The predicted octanol–water partition coefficient (Wildman–Crippen LogP) is 0.389. The van der Waals surface area contributed by atoms with Crippen LogP contribution in [0.1, 0.15) is 39.5 Å². The molecular weight excluding hydrogens is 276 g/mol. The van der Waals surface area contributed by atoms with Crippen LogP contribution in [0.25, 0.3) is 0 Å². The Morgan fingerprint density at radius 1 is 1.35 bits per heavy atom. The van der Waals surface area contributed by atoms with Gasteiger partial charge in [0, 0.05) is 24.2 Å². The van der Waals surface area contributed by atoms with E-state index < -0.39 is 9.84 Å². The third kappa shape index (κ3) is 3.93. The Kier molecular flexibility index (Phi) is 5.10. The fraction of sp³-hybridized carbons (Fsp3) is 1.00. The van der Waals surface area contributed by atoms with Gasteiger partial charge in [-0.2, -0.15) is 0 Å². The molecule has 0 amide bonds. The summed E-state index contributed by atoms with van der Waals surface area (Å²) in [4.78, 5) is 2.32. The minimum atomic E-state index is -2.84. The first-order valence-corrected chi connectivity index (χ1v) is 9.51. The van der Waals surface area contributed by atoms with E-state index >= 15 is 0 Å². The van der Waals surface area contributed by atoms with Gasteiger partial charge in [-0.05, 0) is 32.2 Å². The average molecular weight is 304 g/mol. The van der Waals surface area contributed by atoms with Gasteiger partial charge in [-0.1, -0.05) is 13.8 Å². The molecule has 5 nitrogen and oxygen atoms in total. The van der Waals surface area contributed by atoms with E-state index in [2.05, 4.69) is 24.1 Å². The zero-order valence-electron chi connectivity index (χ0n) is 12.6. The molecule has 2 aliphatic rings. The molecule has 0 aromatic heterocycles. The molecule has 0 radical (unpaired) electrons. The summed E-state index contributed by atoms with van der Waals surface area (Å²) >= 11 is 0. The van der Waals surface area contributed by atoms with E-state index in [1.807, 2.05) is 0 Å². The number of hydrogen-bond acceptors (Lipinski definition) is 5. The molecule has 1 aliphatic heterocycles. The molecular formula is C14H28N2O3S. The molecule has 2 rings (SSSR count). The summed E-state index contributed by atoms with van der Waals surface area (Å²) in [7, 11) is -2.84. The van der Waals surface area contributed by atoms with Crippen molar-refractivity contribution in [3.63, 3.8) is 0 Å². The van der Waals surface area contributed by atoms with Crippen molar-refractivity contribution in [1.82, 2.24) is 10.2 Å². The molecule has 2 N–H and O–H groups in total. The highest BCUT2D eigenvalue weighted by molar-refractivity contribution is 7.91. The molecule has 1 aliphatic carbocycles. The van der Waals surface area contributed by atoms with Crippen LogP contribution in [0.15, 0.2) is 0 Å². The minimum absolute atomic E-state index is 0.161. The van der Waals surface area contributed by atoms with Crippen LogP contribution < -0.4 is 5.32 Å². The quantitative estimate of drug-likeness (QED) is 0.786. The average Bonchev–Trinajstić information content (AvgIpc) is 2.68. The summed E-state index contributed by atoms with van der Waals surface area (Å²) in [6.45, 7) is 5.88. The van der Waals surface area contributed by atoms with Crippen molar-refractivity contribution in [2.75, 3.05) is 31.2 Å². The number of nitrogens with zero attached hydrogens (tertiary/aromatic N) is 1. The van der Waals surface area contributed by atoms with E-state index in [9.17, 15) is 13.5 Å². The SMILES string of the molecule is CC(C)NC1(CO)CCC(N2CCCS(=O)(=O)CC2)C1. The highest BCUT2D eigenvalue weighted by Gasteiger charge is 2.41. The van der Waals surface area contributed by atoms with Crippen molar-refractivity contribution in [1.29, 1.82) is 0 Å². The molecule has 1 saturated heterocycles. The monoisotopic (exact) mass is 304 g/mol. The first-order valence-electron chi connectivity index (χ1n) is 7.69. The lowest BCUT2D eigenvalue weighted by atomic mass is 9.97. The van der Waals surface area contributed by atoms with Gasteiger partial charge in [0.15, 0.2) is 9.84 Å². The summed E-state index contributed by atoms with van der Waals surface area (Å²) in [5.41, 5.74) is -0.177. The highest BCUT2D eigenvalue weighted by atomic mass is 32.2. The maximum atomic E-state index is 11.7.